The molecule has 2 heterocycles. The molecule has 30 heavy (non-hydrogen) atoms. The number of thiazole rings is 1. The predicted molar refractivity (Wildman–Crippen MR) is 122 cm³/mol. The van der Waals surface area contributed by atoms with Gasteiger partial charge in [-0.25, -0.2) is 13.4 Å². The maximum absolute atomic E-state index is 12.7. The van der Waals surface area contributed by atoms with Crippen molar-refractivity contribution in [1.29, 1.82) is 0 Å². The lowest BCUT2D eigenvalue weighted by Gasteiger charge is -2.29. The Hall–Kier alpha value is -2.36. The number of nitrogens with zero attached hydrogens (tertiary/aromatic N) is 2. The summed E-state index contributed by atoms with van der Waals surface area (Å²) in [6.07, 6.45) is 2.70. The van der Waals surface area contributed by atoms with Crippen LogP contribution < -0.4 is 9.62 Å². The quantitative estimate of drug-likeness (QED) is 0.605. The van der Waals surface area contributed by atoms with Crippen molar-refractivity contribution < 1.29 is 13.2 Å². The van der Waals surface area contributed by atoms with E-state index in [4.69, 9.17) is 0 Å². The van der Waals surface area contributed by atoms with Gasteiger partial charge in [-0.05, 0) is 67.8 Å². The number of carbonyl (C=O) groups is 1. The molecule has 1 aromatic heterocycles. The third-order valence-corrected chi connectivity index (χ3v) is 7.98. The van der Waals surface area contributed by atoms with E-state index in [1.807, 2.05) is 36.6 Å². The van der Waals surface area contributed by atoms with E-state index in [1.54, 1.807) is 41.3 Å². The summed E-state index contributed by atoms with van der Waals surface area (Å²) >= 11 is 3.20. The Morgan fingerprint density at radius 2 is 1.97 bits per heavy atom. The van der Waals surface area contributed by atoms with Gasteiger partial charge in [-0.2, -0.15) is 0 Å². The summed E-state index contributed by atoms with van der Waals surface area (Å²) in [4.78, 5) is 18.2. The molecule has 2 aromatic carbocycles. The number of amides is 1. The van der Waals surface area contributed by atoms with Crippen LogP contribution in [0.4, 0.5) is 11.4 Å². The SMILES string of the molecule is Cc1csc(Sc2ccc(NC(=O)c3ccc4c(c3)CCCN4S(C)(=O)=O)cc2)n1. The van der Waals surface area contributed by atoms with E-state index in [2.05, 4.69) is 10.3 Å². The first kappa shape index (κ1) is 20.9. The molecule has 0 bridgehead atoms. The number of nitrogens with one attached hydrogen (secondary N) is 1. The molecular formula is C21H21N3O3S3. The van der Waals surface area contributed by atoms with E-state index in [0.29, 0.717) is 23.5 Å². The average Bonchev–Trinajstić information content (AvgIpc) is 3.12. The molecule has 4 rings (SSSR count). The van der Waals surface area contributed by atoms with Crippen LogP contribution in [0.15, 0.2) is 57.1 Å². The summed E-state index contributed by atoms with van der Waals surface area (Å²) in [6, 6.07) is 12.8. The molecular weight excluding hydrogens is 438 g/mol. The number of anilines is 2. The van der Waals surface area contributed by atoms with Crippen molar-refractivity contribution in [3.8, 4) is 0 Å². The van der Waals surface area contributed by atoms with Crippen molar-refractivity contribution in [2.45, 2.75) is 29.0 Å². The van der Waals surface area contributed by atoms with Crippen LogP contribution in [0.2, 0.25) is 0 Å². The number of benzene rings is 2. The first-order valence-electron chi connectivity index (χ1n) is 9.42. The number of carbonyl (C=O) groups excluding carboxylic acids is 1. The van der Waals surface area contributed by atoms with Gasteiger partial charge in [0.25, 0.3) is 5.91 Å². The van der Waals surface area contributed by atoms with Gasteiger partial charge in [0, 0.05) is 33.8 Å². The highest BCUT2D eigenvalue weighted by atomic mass is 32.2. The Kier molecular flexibility index (Phi) is 5.86. The molecule has 6 nitrogen and oxygen atoms in total. The fourth-order valence-corrected chi connectivity index (χ4v) is 6.14. The van der Waals surface area contributed by atoms with Gasteiger partial charge in [0.2, 0.25) is 10.0 Å². The molecule has 0 aliphatic carbocycles. The molecule has 0 spiro atoms. The molecule has 0 atom stereocenters. The molecule has 0 radical (unpaired) electrons. The largest absolute Gasteiger partial charge is 0.322 e. The van der Waals surface area contributed by atoms with Crippen molar-refractivity contribution in [3.05, 3.63) is 64.7 Å². The van der Waals surface area contributed by atoms with Crippen molar-refractivity contribution in [2.24, 2.45) is 0 Å². The molecule has 1 N–H and O–H groups in total. The molecule has 0 fully saturated rings. The van der Waals surface area contributed by atoms with Crippen LogP contribution in [0, 0.1) is 6.92 Å². The van der Waals surface area contributed by atoms with Gasteiger partial charge in [-0.3, -0.25) is 9.10 Å². The highest BCUT2D eigenvalue weighted by Gasteiger charge is 2.24. The predicted octanol–water partition coefficient (Wildman–Crippen LogP) is 4.57. The van der Waals surface area contributed by atoms with Gasteiger partial charge >= 0.3 is 0 Å². The molecule has 3 aromatic rings. The standard InChI is InChI=1S/C21H21N3O3S3/c1-14-13-28-21(22-14)29-18-8-6-17(7-9-18)23-20(25)16-5-10-19-15(12-16)4-3-11-24(19)30(2,26)27/h5-10,12-13H,3-4,11H2,1-2H3,(H,23,25). The zero-order valence-corrected chi connectivity index (χ0v) is 19.0. The Bertz CT molecular complexity index is 1190. The van der Waals surface area contributed by atoms with Gasteiger partial charge in [0.05, 0.1) is 11.9 Å². The number of rotatable bonds is 5. The second kappa shape index (κ2) is 8.41. The zero-order valence-electron chi connectivity index (χ0n) is 16.6. The summed E-state index contributed by atoms with van der Waals surface area (Å²) in [7, 11) is -3.32. The number of aryl methyl sites for hydroxylation is 2. The second-order valence-electron chi connectivity index (χ2n) is 7.12. The molecule has 1 aliphatic rings. The Labute approximate surface area is 184 Å². The molecule has 0 saturated carbocycles. The van der Waals surface area contributed by atoms with Gasteiger partial charge in [0.15, 0.2) is 4.34 Å². The van der Waals surface area contributed by atoms with Crippen LogP contribution in [0.1, 0.15) is 28.0 Å². The maximum atomic E-state index is 12.7. The highest BCUT2D eigenvalue weighted by molar-refractivity contribution is 8.01. The summed E-state index contributed by atoms with van der Waals surface area (Å²) < 4.78 is 26.4. The lowest BCUT2D eigenvalue weighted by Crippen LogP contribution is -2.34. The van der Waals surface area contributed by atoms with Crippen LogP contribution >= 0.6 is 23.1 Å². The molecule has 1 aliphatic heterocycles. The van der Waals surface area contributed by atoms with Crippen LogP contribution in [0.25, 0.3) is 0 Å². The summed E-state index contributed by atoms with van der Waals surface area (Å²) in [6.45, 7) is 2.45. The third kappa shape index (κ3) is 4.69. The summed E-state index contributed by atoms with van der Waals surface area (Å²) in [5.41, 5.74) is 3.77. The zero-order chi connectivity index (χ0) is 21.3. The molecule has 1 amide bonds. The van der Waals surface area contributed by atoms with E-state index >= 15 is 0 Å². The van der Waals surface area contributed by atoms with Gasteiger partial charge in [-0.15, -0.1) is 11.3 Å². The molecule has 0 saturated heterocycles. The number of hydrogen-bond acceptors (Lipinski definition) is 6. The average molecular weight is 460 g/mol. The minimum atomic E-state index is -3.32. The number of aromatic nitrogens is 1. The number of fused-ring (bicyclic) bond motifs is 1. The highest BCUT2D eigenvalue weighted by Crippen LogP contribution is 2.32. The van der Waals surface area contributed by atoms with Crippen LogP contribution in [-0.2, 0) is 16.4 Å². The lowest BCUT2D eigenvalue weighted by atomic mass is 10.0. The lowest BCUT2D eigenvalue weighted by molar-refractivity contribution is 0.102. The van der Waals surface area contributed by atoms with Gasteiger partial charge in [0.1, 0.15) is 0 Å². The van der Waals surface area contributed by atoms with Crippen LogP contribution in [-0.4, -0.2) is 32.1 Å². The van der Waals surface area contributed by atoms with Gasteiger partial charge < -0.3 is 5.32 Å². The topological polar surface area (TPSA) is 79.4 Å². The van der Waals surface area contributed by atoms with Gasteiger partial charge in [-0.1, -0.05) is 11.8 Å². The van der Waals surface area contributed by atoms with E-state index in [0.717, 1.165) is 33.3 Å². The van der Waals surface area contributed by atoms with E-state index in [-0.39, 0.29) is 5.91 Å². The minimum absolute atomic E-state index is 0.217. The van der Waals surface area contributed by atoms with Crippen molar-refractivity contribution in [2.75, 3.05) is 22.4 Å². The Morgan fingerprint density at radius 3 is 2.63 bits per heavy atom. The Balaban J connectivity index is 1.46. The second-order valence-corrected chi connectivity index (χ2v) is 11.2. The molecule has 156 valence electrons. The third-order valence-electron chi connectivity index (χ3n) is 4.73. The first-order chi connectivity index (χ1) is 14.3. The van der Waals surface area contributed by atoms with Crippen molar-refractivity contribution in [1.82, 2.24) is 4.98 Å². The summed E-state index contributed by atoms with van der Waals surface area (Å²) in [5, 5.41) is 4.93. The normalized spacial score (nSPS) is 13.7. The van der Waals surface area contributed by atoms with Crippen molar-refractivity contribution in [3.63, 3.8) is 0 Å². The minimum Gasteiger partial charge on any atom is -0.322 e. The number of sulfonamides is 1. The fourth-order valence-electron chi connectivity index (χ4n) is 3.34. The van der Waals surface area contributed by atoms with E-state index in [1.165, 1.54) is 10.6 Å². The monoisotopic (exact) mass is 459 g/mol. The fraction of sp³-hybridized carbons (Fsp3) is 0.238. The van der Waals surface area contributed by atoms with Crippen molar-refractivity contribution >= 4 is 50.4 Å². The number of hydrogen-bond donors (Lipinski definition) is 1. The van der Waals surface area contributed by atoms with Crippen LogP contribution in [0.5, 0.6) is 0 Å². The van der Waals surface area contributed by atoms with Crippen LogP contribution in [0.3, 0.4) is 0 Å². The summed E-state index contributed by atoms with van der Waals surface area (Å²) in [5.74, 6) is -0.217. The van der Waals surface area contributed by atoms with E-state index < -0.39 is 10.0 Å². The van der Waals surface area contributed by atoms with E-state index in [9.17, 15) is 13.2 Å². The Morgan fingerprint density at radius 1 is 1.20 bits per heavy atom. The smallest absolute Gasteiger partial charge is 0.255 e. The first-order valence-corrected chi connectivity index (χ1v) is 13.0. The maximum Gasteiger partial charge on any atom is 0.255 e. The molecule has 0 unspecified atom stereocenters. The molecule has 9 heteroatoms.